The number of ether oxygens (including phenoxy) is 1. The highest BCUT2D eigenvalue weighted by atomic mass is 19.3. The van der Waals surface area contributed by atoms with Gasteiger partial charge in [-0.25, -0.2) is 0 Å². The summed E-state index contributed by atoms with van der Waals surface area (Å²) in [6, 6.07) is 6.11. The van der Waals surface area contributed by atoms with E-state index in [2.05, 4.69) is 9.89 Å². The lowest BCUT2D eigenvalue weighted by Gasteiger charge is -2.06. The minimum absolute atomic E-state index is 0.104. The van der Waals surface area contributed by atoms with Gasteiger partial charge in [-0.3, -0.25) is 0 Å². The second-order valence-corrected chi connectivity index (χ2v) is 3.66. The maximum atomic E-state index is 11.9. The van der Waals surface area contributed by atoms with Crippen LogP contribution in [-0.2, 0) is 0 Å². The van der Waals surface area contributed by atoms with Crippen LogP contribution in [-0.4, -0.2) is 17.5 Å². The van der Waals surface area contributed by atoms with E-state index in [9.17, 15) is 8.78 Å². The van der Waals surface area contributed by atoms with E-state index in [1.807, 2.05) is 0 Å². The quantitative estimate of drug-likeness (QED) is 0.488. The van der Waals surface area contributed by atoms with Crippen molar-refractivity contribution < 1.29 is 18.7 Å². The van der Waals surface area contributed by atoms with Gasteiger partial charge in [0.25, 0.3) is 0 Å². The van der Waals surface area contributed by atoms with E-state index < -0.39 is 6.61 Å². The fourth-order valence-corrected chi connectivity index (χ4v) is 1.54. The van der Waals surface area contributed by atoms with Gasteiger partial charge in [0.1, 0.15) is 5.75 Å². The van der Waals surface area contributed by atoms with E-state index in [-0.39, 0.29) is 5.75 Å². The van der Waals surface area contributed by atoms with E-state index in [1.54, 1.807) is 12.1 Å². The second-order valence-electron chi connectivity index (χ2n) is 3.66. The van der Waals surface area contributed by atoms with Gasteiger partial charge in [0, 0.05) is 5.92 Å². The van der Waals surface area contributed by atoms with Gasteiger partial charge in [-0.2, -0.15) is 8.78 Å². The molecule has 0 heterocycles. The first-order chi connectivity index (χ1) is 7.70. The molecule has 0 aliphatic heterocycles. The van der Waals surface area contributed by atoms with Crippen LogP contribution in [0.5, 0.6) is 5.75 Å². The molecule has 1 fully saturated rings. The van der Waals surface area contributed by atoms with Crippen molar-refractivity contribution in [2.75, 3.05) is 0 Å². The second kappa shape index (κ2) is 4.47. The van der Waals surface area contributed by atoms with Crippen LogP contribution >= 0.6 is 0 Å². The number of oxime groups is 1. The molecule has 1 N–H and O–H groups in total. The lowest BCUT2D eigenvalue weighted by Crippen LogP contribution is -2.05. The molecule has 0 amide bonds. The Labute approximate surface area is 91.3 Å². The van der Waals surface area contributed by atoms with Crippen LogP contribution in [0.25, 0.3) is 0 Å². The van der Waals surface area contributed by atoms with Crippen LogP contribution in [0.4, 0.5) is 8.78 Å². The molecule has 1 aliphatic carbocycles. The van der Waals surface area contributed by atoms with Crippen molar-refractivity contribution in [2.45, 2.75) is 19.5 Å². The fourth-order valence-electron chi connectivity index (χ4n) is 1.54. The van der Waals surface area contributed by atoms with Gasteiger partial charge in [0.05, 0.1) is 5.71 Å². The third-order valence-electron chi connectivity index (χ3n) is 2.45. The number of benzene rings is 1. The van der Waals surface area contributed by atoms with E-state index in [1.165, 1.54) is 12.1 Å². The van der Waals surface area contributed by atoms with Crippen molar-refractivity contribution >= 4 is 5.71 Å². The van der Waals surface area contributed by atoms with Gasteiger partial charge in [0.15, 0.2) is 0 Å². The Kier molecular flexibility index (Phi) is 3.03. The van der Waals surface area contributed by atoms with Crippen molar-refractivity contribution in [2.24, 2.45) is 11.1 Å². The number of hydrogen-bond donors (Lipinski definition) is 1. The maximum Gasteiger partial charge on any atom is 0.387 e. The largest absolute Gasteiger partial charge is 0.435 e. The smallest absolute Gasteiger partial charge is 0.387 e. The highest BCUT2D eigenvalue weighted by Gasteiger charge is 2.29. The Morgan fingerprint density at radius 3 is 2.38 bits per heavy atom. The molecule has 0 saturated heterocycles. The molecule has 0 spiro atoms. The normalized spacial score (nSPS) is 16.6. The molecule has 86 valence electrons. The summed E-state index contributed by atoms with van der Waals surface area (Å²) in [6.45, 7) is -2.82. The van der Waals surface area contributed by atoms with Crippen molar-refractivity contribution in [1.29, 1.82) is 0 Å². The molecule has 1 saturated carbocycles. The van der Waals surface area contributed by atoms with Gasteiger partial charge in [-0.15, -0.1) is 0 Å². The number of halogens is 2. The molecule has 2 rings (SSSR count). The summed E-state index contributed by atoms with van der Waals surface area (Å²) in [4.78, 5) is 0. The summed E-state index contributed by atoms with van der Waals surface area (Å²) in [5, 5.41) is 12.1. The zero-order chi connectivity index (χ0) is 11.5. The Hall–Kier alpha value is -1.65. The van der Waals surface area contributed by atoms with E-state index in [0.29, 0.717) is 11.6 Å². The summed E-state index contributed by atoms with van der Waals surface area (Å²) in [5.41, 5.74) is 1.36. The summed E-state index contributed by atoms with van der Waals surface area (Å²) in [5.74, 6) is 0.402. The first kappa shape index (κ1) is 10.9. The lowest BCUT2D eigenvalue weighted by molar-refractivity contribution is -0.0498. The summed E-state index contributed by atoms with van der Waals surface area (Å²) in [7, 11) is 0. The van der Waals surface area contributed by atoms with Crippen LogP contribution < -0.4 is 4.74 Å². The fraction of sp³-hybridized carbons (Fsp3) is 0.364. The molecule has 0 aromatic heterocycles. The topological polar surface area (TPSA) is 41.8 Å². The minimum Gasteiger partial charge on any atom is -0.435 e. The molecule has 1 aromatic carbocycles. The molecule has 0 bridgehead atoms. The monoisotopic (exact) mass is 227 g/mol. The Morgan fingerprint density at radius 2 is 1.94 bits per heavy atom. The van der Waals surface area contributed by atoms with Crippen LogP contribution in [0.15, 0.2) is 29.4 Å². The zero-order valence-corrected chi connectivity index (χ0v) is 8.44. The molecule has 0 radical (unpaired) electrons. The third kappa shape index (κ3) is 2.48. The maximum absolute atomic E-state index is 11.9. The van der Waals surface area contributed by atoms with Gasteiger partial charge < -0.3 is 9.94 Å². The predicted octanol–water partition coefficient (Wildman–Crippen LogP) is 2.88. The van der Waals surface area contributed by atoms with Crippen molar-refractivity contribution in [1.82, 2.24) is 0 Å². The average Bonchev–Trinajstić information content (AvgIpc) is 3.05. The Bertz CT molecular complexity index is 385. The first-order valence-corrected chi connectivity index (χ1v) is 4.98. The van der Waals surface area contributed by atoms with E-state index in [4.69, 9.17) is 5.21 Å². The molecule has 3 nitrogen and oxygen atoms in total. The number of nitrogens with zero attached hydrogens (tertiary/aromatic N) is 1. The molecule has 0 unspecified atom stereocenters. The van der Waals surface area contributed by atoms with Gasteiger partial charge in [-0.05, 0) is 42.7 Å². The van der Waals surface area contributed by atoms with Gasteiger partial charge >= 0.3 is 6.61 Å². The molecule has 1 aliphatic rings. The van der Waals surface area contributed by atoms with Crippen LogP contribution in [0, 0.1) is 5.92 Å². The average molecular weight is 227 g/mol. The zero-order valence-electron chi connectivity index (χ0n) is 8.44. The van der Waals surface area contributed by atoms with E-state index in [0.717, 1.165) is 18.4 Å². The molecular formula is C11H11F2NO2. The Balaban J connectivity index is 2.12. The van der Waals surface area contributed by atoms with Crippen molar-refractivity contribution in [3.05, 3.63) is 29.8 Å². The number of hydrogen-bond acceptors (Lipinski definition) is 3. The van der Waals surface area contributed by atoms with Gasteiger partial charge in [-0.1, -0.05) is 5.16 Å². The standard InChI is InChI=1S/C11H11F2NO2/c12-11(13)16-9-5-3-8(4-6-9)10(14-15)7-1-2-7/h3-7,11,15H,1-2H2/b14-10-. The molecular weight excluding hydrogens is 216 g/mol. The first-order valence-electron chi connectivity index (χ1n) is 4.98. The lowest BCUT2D eigenvalue weighted by atomic mass is 10.1. The third-order valence-corrected chi connectivity index (χ3v) is 2.45. The molecule has 0 atom stereocenters. The summed E-state index contributed by atoms with van der Waals surface area (Å²) >= 11 is 0. The Morgan fingerprint density at radius 1 is 1.31 bits per heavy atom. The van der Waals surface area contributed by atoms with Gasteiger partial charge in [0.2, 0.25) is 0 Å². The molecule has 16 heavy (non-hydrogen) atoms. The molecule has 1 aromatic rings. The van der Waals surface area contributed by atoms with Crippen molar-refractivity contribution in [3.63, 3.8) is 0 Å². The summed E-state index contributed by atoms with van der Waals surface area (Å²) in [6.07, 6.45) is 2.02. The predicted molar refractivity (Wildman–Crippen MR) is 54.1 cm³/mol. The highest BCUT2D eigenvalue weighted by molar-refractivity contribution is 6.03. The minimum atomic E-state index is -2.82. The number of rotatable bonds is 4. The van der Waals surface area contributed by atoms with Crippen LogP contribution in [0.2, 0.25) is 0 Å². The van der Waals surface area contributed by atoms with E-state index >= 15 is 0 Å². The number of alkyl halides is 2. The van der Waals surface area contributed by atoms with Crippen molar-refractivity contribution in [3.8, 4) is 5.75 Å². The van der Waals surface area contributed by atoms with Crippen LogP contribution in [0.3, 0.4) is 0 Å². The van der Waals surface area contributed by atoms with Crippen LogP contribution in [0.1, 0.15) is 18.4 Å². The molecule has 5 heteroatoms. The SMILES string of the molecule is O/N=C(\c1ccc(OC(F)F)cc1)C1CC1. The summed E-state index contributed by atoms with van der Waals surface area (Å²) < 4.78 is 28.0. The highest BCUT2D eigenvalue weighted by Crippen LogP contribution is 2.33.